The van der Waals surface area contributed by atoms with E-state index in [1.54, 1.807) is 0 Å². The van der Waals surface area contributed by atoms with Gasteiger partial charge in [-0.1, -0.05) is 15.9 Å². The van der Waals surface area contributed by atoms with E-state index in [9.17, 15) is 21.6 Å². The molecule has 8 heteroatoms. The van der Waals surface area contributed by atoms with Crippen molar-refractivity contribution in [3.05, 3.63) is 0 Å². The summed E-state index contributed by atoms with van der Waals surface area (Å²) in [7, 11) is -3.74. The van der Waals surface area contributed by atoms with E-state index < -0.39 is 32.7 Å². The van der Waals surface area contributed by atoms with Crippen LogP contribution in [0.4, 0.5) is 13.2 Å². The molecule has 0 N–H and O–H groups in total. The van der Waals surface area contributed by atoms with Crippen molar-refractivity contribution < 1.29 is 26.3 Å². The molecule has 0 amide bonds. The standard InChI is InChI=1S/C8H12BrF3O3S/c9-7(8(10,11)12)5-16(13,14)4-6-2-1-3-15-6/h6-7H,1-5H2. The van der Waals surface area contributed by atoms with Crippen molar-refractivity contribution in [2.24, 2.45) is 0 Å². The van der Waals surface area contributed by atoms with E-state index in [2.05, 4.69) is 15.9 Å². The zero-order chi connectivity index (χ0) is 12.4. The van der Waals surface area contributed by atoms with Crippen LogP contribution in [-0.4, -0.2) is 43.6 Å². The molecule has 0 aliphatic carbocycles. The monoisotopic (exact) mass is 324 g/mol. The lowest BCUT2D eigenvalue weighted by molar-refractivity contribution is -0.123. The summed E-state index contributed by atoms with van der Waals surface area (Å²) in [5.41, 5.74) is 0. The van der Waals surface area contributed by atoms with Gasteiger partial charge in [-0.3, -0.25) is 0 Å². The Balaban J connectivity index is 2.51. The fourth-order valence-corrected chi connectivity index (χ4v) is 4.25. The molecule has 96 valence electrons. The highest BCUT2D eigenvalue weighted by Gasteiger charge is 2.41. The molecule has 2 atom stereocenters. The Morgan fingerprint density at radius 1 is 1.44 bits per heavy atom. The van der Waals surface area contributed by atoms with E-state index in [0.717, 1.165) is 6.42 Å². The molecule has 0 bridgehead atoms. The van der Waals surface area contributed by atoms with Crippen LogP contribution in [0.25, 0.3) is 0 Å². The van der Waals surface area contributed by atoms with Crippen molar-refractivity contribution in [1.82, 2.24) is 0 Å². The highest BCUT2D eigenvalue weighted by atomic mass is 79.9. The van der Waals surface area contributed by atoms with Gasteiger partial charge in [0.05, 0.1) is 17.6 Å². The molecule has 16 heavy (non-hydrogen) atoms. The minimum atomic E-state index is -4.54. The van der Waals surface area contributed by atoms with Crippen LogP contribution in [0.1, 0.15) is 12.8 Å². The first-order valence-corrected chi connectivity index (χ1v) is 7.47. The topological polar surface area (TPSA) is 43.4 Å². The predicted molar refractivity (Wildman–Crippen MR) is 56.4 cm³/mol. The molecule has 1 fully saturated rings. The Kier molecular flexibility index (Phi) is 4.65. The highest BCUT2D eigenvalue weighted by molar-refractivity contribution is 9.09. The normalized spacial score (nSPS) is 24.6. The maximum absolute atomic E-state index is 12.2. The largest absolute Gasteiger partial charge is 0.402 e. The number of hydrogen-bond acceptors (Lipinski definition) is 3. The average Bonchev–Trinajstić information content (AvgIpc) is 2.52. The summed E-state index contributed by atoms with van der Waals surface area (Å²) in [5, 5.41) is 0. The van der Waals surface area contributed by atoms with Crippen molar-refractivity contribution in [1.29, 1.82) is 0 Å². The second kappa shape index (κ2) is 5.22. The third-order valence-electron chi connectivity index (χ3n) is 2.22. The van der Waals surface area contributed by atoms with Gasteiger partial charge in [-0.25, -0.2) is 8.42 Å². The Morgan fingerprint density at radius 2 is 2.06 bits per heavy atom. The summed E-state index contributed by atoms with van der Waals surface area (Å²) in [6, 6.07) is 0. The molecule has 0 aromatic heterocycles. The quantitative estimate of drug-likeness (QED) is 0.742. The minimum absolute atomic E-state index is 0.328. The van der Waals surface area contributed by atoms with Gasteiger partial charge in [-0.05, 0) is 12.8 Å². The Bertz CT molecular complexity index is 322. The van der Waals surface area contributed by atoms with Crippen molar-refractivity contribution in [2.75, 3.05) is 18.1 Å². The van der Waals surface area contributed by atoms with Crippen molar-refractivity contribution in [3.63, 3.8) is 0 Å². The van der Waals surface area contributed by atoms with Crippen LogP contribution in [0.15, 0.2) is 0 Å². The number of ether oxygens (including phenoxy) is 1. The third-order valence-corrected chi connectivity index (χ3v) is 5.21. The molecular weight excluding hydrogens is 313 g/mol. The summed E-state index contributed by atoms with van der Waals surface area (Å²) in [4.78, 5) is -2.01. The predicted octanol–water partition coefficient (Wildman–Crippen LogP) is 1.91. The fourth-order valence-electron chi connectivity index (χ4n) is 1.44. The molecule has 0 radical (unpaired) electrons. The molecular formula is C8H12BrF3O3S. The SMILES string of the molecule is O=S(=O)(CC1CCCO1)CC(Br)C(F)(F)F. The molecule has 0 spiro atoms. The van der Waals surface area contributed by atoms with Crippen LogP contribution in [0.2, 0.25) is 0 Å². The van der Waals surface area contributed by atoms with Crippen molar-refractivity contribution >= 4 is 25.8 Å². The zero-order valence-electron chi connectivity index (χ0n) is 8.34. The minimum Gasteiger partial charge on any atom is -0.377 e. The molecule has 1 aliphatic heterocycles. The van der Waals surface area contributed by atoms with Crippen LogP contribution in [0.3, 0.4) is 0 Å². The Hall–Kier alpha value is 0.180. The zero-order valence-corrected chi connectivity index (χ0v) is 10.7. The van der Waals surface area contributed by atoms with Gasteiger partial charge in [-0.15, -0.1) is 0 Å². The molecule has 1 saturated heterocycles. The first-order chi connectivity index (χ1) is 7.21. The first kappa shape index (κ1) is 14.2. The summed E-state index contributed by atoms with van der Waals surface area (Å²) >= 11 is 2.34. The van der Waals surface area contributed by atoms with Crippen LogP contribution >= 0.6 is 15.9 Å². The average molecular weight is 325 g/mol. The van der Waals surface area contributed by atoms with Gasteiger partial charge in [0.15, 0.2) is 9.84 Å². The van der Waals surface area contributed by atoms with Crippen LogP contribution in [0.5, 0.6) is 0 Å². The maximum atomic E-state index is 12.2. The molecule has 1 rings (SSSR count). The van der Waals surface area contributed by atoms with Gasteiger partial charge < -0.3 is 4.74 Å². The van der Waals surface area contributed by atoms with Crippen molar-refractivity contribution in [3.8, 4) is 0 Å². The molecule has 1 heterocycles. The number of hydrogen-bond donors (Lipinski definition) is 0. The van der Waals surface area contributed by atoms with E-state index in [1.165, 1.54) is 0 Å². The number of halogens is 4. The lowest BCUT2D eigenvalue weighted by Gasteiger charge is -2.15. The van der Waals surface area contributed by atoms with Gasteiger partial charge in [0.1, 0.15) is 4.83 Å². The third kappa shape index (κ3) is 4.58. The lowest BCUT2D eigenvalue weighted by atomic mass is 10.3. The van der Waals surface area contributed by atoms with Gasteiger partial charge in [0, 0.05) is 6.61 Å². The summed E-state index contributed by atoms with van der Waals surface area (Å²) in [5.74, 6) is -1.26. The molecule has 2 unspecified atom stereocenters. The molecule has 0 saturated carbocycles. The van der Waals surface area contributed by atoms with Gasteiger partial charge in [-0.2, -0.15) is 13.2 Å². The molecule has 0 aromatic rings. The summed E-state index contributed by atoms with van der Waals surface area (Å²) in [6.07, 6.45) is -3.63. The van der Waals surface area contributed by atoms with E-state index >= 15 is 0 Å². The van der Waals surface area contributed by atoms with E-state index in [4.69, 9.17) is 4.74 Å². The van der Waals surface area contributed by atoms with E-state index in [0.29, 0.717) is 13.0 Å². The van der Waals surface area contributed by atoms with Gasteiger partial charge in [0.25, 0.3) is 0 Å². The lowest BCUT2D eigenvalue weighted by Crippen LogP contribution is -2.33. The fraction of sp³-hybridized carbons (Fsp3) is 1.00. The Morgan fingerprint density at radius 3 is 2.50 bits per heavy atom. The number of rotatable bonds is 4. The van der Waals surface area contributed by atoms with Gasteiger partial charge >= 0.3 is 6.18 Å². The maximum Gasteiger partial charge on any atom is 0.402 e. The van der Waals surface area contributed by atoms with Crippen LogP contribution in [-0.2, 0) is 14.6 Å². The van der Waals surface area contributed by atoms with E-state index in [-0.39, 0.29) is 5.75 Å². The van der Waals surface area contributed by atoms with Crippen molar-refractivity contribution in [2.45, 2.75) is 29.9 Å². The van der Waals surface area contributed by atoms with E-state index in [1.807, 2.05) is 0 Å². The molecule has 0 aromatic carbocycles. The van der Waals surface area contributed by atoms with Crippen LogP contribution in [0, 0.1) is 0 Å². The summed E-state index contributed by atoms with van der Waals surface area (Å²) in [6.45, 7) is 0.483. The second-order valence-corrected chi connectivity index (χ2v) is 6.98. The van der Waals surface area contributed by atoms with Crippen LogP contribution < -0.4 is 0 Å². The second-order valence-electron chi connectivity index (χ2n) is 3.72. The first-order valence-electron chi connectivity index (χ1n) is 4.73. The number of sulfone groups is 1. The summed E-state index contributed by atoms with van der Waals surface area (Å²) < 4.78 is 64.4. The molecule has 1 aliphatic rings. The highest BCUT2D eigenvalue weighted by Crippen LogP contribution is 2.28. The smallest absolute Gasteiger partial charge is 0.377 e. The van der Waals surface area contributed by atoms with Gasteiger partial charge in [0.2, 0.25) is 0 Å². The number of alkyl halides is 4. The Labute approximate surface area is 100 Å². The molecule has 3 nitrogen and oxygen atoms in total.